The van der Waals surface area contributed by atoms with Crippen molar-refractivity contribution >= 4 is 5.91 Å². The first-order valence-corrected chi connectivity index (χ1v) is 6.64. The minimum absolute atomic E-state index is 0.181. The van der Waals surface area contributed by atoms with Gasteiger partial charge in [0.1, 0.15) is 0 Å². The van der Waals surface area contributed by atoms with E-state index in [-0.39, 0.29) is 5.91 Å². The lowest BCUT2D eigenvalue weighted by Crippen LogP contribution is -2.35. The molecule has 1 saturated heterocycles. The van der Waals surface area contributed by atoms with Gasteiger partial charge in [0, 0.05) is 19.6 Å². The average Bonchev–Trinajstić information content (AvgIpc) is 2.64. The van der Waals surface area contributed by atoms with E-state index in [0.29, 0.717) is 12.0 Å². The summed E-state index contributed by atoms with van der Waals surface area (Å²) >= 11 is 0. The smallest absolute Gasteiger partial charge is 0.227 e. The van der Waals surface area contributed by atoms with Crippen LogP contribution in [-0.2, 0) is 11.2 Å². The minimum Gasteiger partial charge on any atom is -0.341 e. The van der Waals surface area contributed by atoms with Crippen LogP contribution in [0.2, 0.25) is 0 Å². The van der Waals surface area contributed by atoms with Crippen LogP contribution in [0.1, 0.15) is 17.5 Å². The summed E-state index contributed by atoms with van der Waals surface area (Å²) < 4.78 is 0. The fraction of sp³-hybridized carbons (Fsp3) is 0.467. The molecule has 4 heteroatoms. The second-order valence-corrected chi connectivity index (χ2v) is 5.02. The molecule has 1 amide bonds. The average molecular weight is 257 g/mol. The van der Waals surface area contributed by atoms with E-state index in [1.165, 1.54) is 0 Å². The first-order chi connectivity index (χ1) is 9.19. The largest absolute Gasteiger partial charge is 0.341 e. The molecule has 0 aromatic heterocycles. The zero-order valence-corrected chi connectivity index (χ0v) is 11.3. The molecule has 1 heterocycles. The van der Waals surface area contributed by atoms with Gasteiger partial charge >= 0.3 is 0 Å². The molecule has 0 aliphatic carbocycles. The van der Waals surface area contributed by atoms with Crippen LogP contribution in [0.15, 0.2) is 24.3 Å². The Morgan fingerprint density at radius 2 is 1.95 bits per heavy atom. The summed E-state index contributed by atoms with van der Waals surface area (Å²) in [4.78, 5) is 16.4. The Morgan fingerprint density at radius 1 is 1.21 bits per heavy atom. The van der Waals surface area contributed by atoms with Gasteiger partial charge in [-0.3, -0.25) is 4.79 Å². The highest BCUT2D eigenvalue weighted by Crippen LogP contribution is 2.08. The van der Waals surface area contributed by atoms with Crippen LogP contribution < -0.4 is 0 Å². The van der Waals surface area contributed by atoms with Crippen molar-refractivity contribution in [3.05, 3.63) is 35.4 Å². The predicted molar refractivity (Wildman–Crippen MR) is 73.6 cm³/mol. The number of hydrogen-bond acceptors (Lipinski definition) is 3. The molecule has 0 N–H and O–H groups in total. The Morgan fingerprint density at radius 3 is 2.63 bits per heavy atom. The second kappa shape index (κ2) is 6.35. The quantitative estimate of drug-likeness (QED) is 0.801. The van der Waals surface area contributed by atoms with Crippen LogP contribution in [0.4, 0.5) is 0 Å². The van der Waals surface area contributed by atoms with E-state index in [4.69, 9.17) is 5.26 Å². The number of nitrogens with zero attached hydrogens (tertiary/aromatic N) is 3. The van der Waals surface area contributed by atoms with Crippen molar-refractivity contribution < 1.29 is 4.79 Å². The van der Waals surface area contributed by atoms with Gasteiger partial charge in [-0.2, -0.15) is 5.26 Å². The molecule has 0 saturated carbocycles. The molecule has 0 spiro atoms. The van der Waals surface area contributed by atoms with E-state index in [2.05, 4.69) is 18.0 Å². The zero-order valence-electron chi connectivity index (χ0n) is 11.3. The highest BCUT2D eigenvalue weighted by Gasteiger charge is 2.17. The molecule has 1 fully saturated rings. The lowest BCUT2D eigenvalue weighted by atomic mass is 10.1. The normalized spacial score (nSPS) is 16.7. The number of amides is 1. The number of nitriles is 1. The maximum Gasteiger partial charge on any atom is 0.227 e. The maximum atomic E-state index is 12.2. The minimum atomic E-state index is 0.181. The Hall–Kier alpha value is -1.86. The molecule has 1 aliphatic heterocycles. The van der Waals surface area contributed by atoms with Crippen molar-refractivity contribution in [2.24, 2.45) is 0 Å². The number of carbonyl (C=O) groups excluding carboxylic acids is 1. The van der Waals surface area contributed by atoms with Crippen molar-refractivity contribution in [1.82, 2.24) is 9.80 Å². The van der Waals surface area contributed by atoms with Crippen molar-refractivity contribution in [3.8, 4) is 6.07 Å². The topological polar surface area (TPSA) is 47.3 Å². The molecule has 19 heavy (non-hydrogen) atoms. The molecule has 100 valence electrons. The van der Waals surface area contributed by atoms with E-state index in [1.807, 2.05) is 17.0 Å². The first-order valence-electron chi connectivity index (χ1n) is 6.64. The van der Waals surface area contributed by atoms with Crippen LogP contribution in [0.3, 0.4) is 0 Å². The number of carbonyl (C=O) groups is 1. The van der Waals surface area contributed by atoms with Crippen LogP contribution >= 0.6 is 0 Å². The van der Waals surface area contributed by atoms with E-state index < -0.39 is 0 Å². The van der Waals surface area contributed by atoms with Crippen molar-refractivity contribution in [2.45, 2.75) is 12.8 Å². The standard InChI is InChI=1S/C15H19N3O/c1-17-7-2-8-18(10-9-17)15(19)11-13-3-5-14(12-16)6-4-13/h3-6H,2,7-11H2,1H3. The number of rotatable bonds is 2. The summed E-state index contributed by atoms with van der Waals surface area (Å²) in [5.41, 5.74) is 1.61. The fourth-order valence-corrected chi connectivity index (χ4v) is 2.28. The van der Waals surface area contributed by atoms with E-state index >= 15 is 0 Å². The summed E-state index contributed by atoms with van der Waals surface area (Å²) in [7, 11) is 2.09. The Labute approximate surface area is 114 Å². The summed E-state index contributed by atoms with van der Waals surface area (Å²) in [5.74, 6) is 0.181. The van der Waals surface area contributed by atoms with Gasteiger partial charge in [0.15, 0.2) is 0 Å². The molecule has 2 rings (SSSR count). The lowest BCUT2D eigenvalue weighted by molar-refractivity contribution is -0.130. The van der Waals surface area contributed by atoms with E-state index in [1.54, 1.807) is 12.1 Å². The highest BCUT2D eigenvalue weighted by molar-refractivity contribution is 5.78. The summed E-state index contributed by atoms with van der Waals surface area (Å²) in [5, 5.41) is 8.74. The Bertz CT molecular complexity index is 475. The van der Waals surface area contributed by atoms with Gasteiger partial charge in [-0.25, -0.2) is 0 Å². The SMILES string of the molecule is CN1CCCN(C(=O)Cc2ccc(C#N)cc2)CC1. The third kappa shape index (κ3) is 3.80. The zero-order chi connectivity index (χ0) is 13.7. The second-order valence-electron chi connectivity index (χ2n) is 5.02. The van der Waals surface area contributed by atoms with Crippen LogP contribution in [0, 0.1) is 11.3 Å². The van der Waals surface area contributed by atoms with E-state index in [9.17, 15) is 4.79 Å². The molecule has 0 radical (unpaired) electrons. The van der Waals surface area contributed by atoms with Gasteiger partial charge in [-0.05, 0) is 37.7 Å². The molecule has 0 unspecified atom stereocenters. The van der Waals surface area contributed by atoms with Gasteiger partial charge < -0.3 is 9.80 Å². The molecule has 0 bridgehead atoms. The predicted octanol–water partition coefficient (Wildman–Crippen LogP) is 1.26. The van der Waals surface area contributed by atoms with Gasteiger partial charge in [0.25, 0.3) is 0 Å². The molecular weight excluding hydrogens is 238 g/mol. The Balaban J connectivity index is 1.94. The van der Waals surface area contributed by atoms with Crippen molar-refractivity contribution in [2.75, 3.05) is 33.2 Å². The van der Waals surface area contributed by atoms with Gasteiger partial charge in [-0.15, -0.1) is 0 Å². The lowest BCUT2D eigenvalue weighted by Gasteiger charge is -2.20. The van der Waals surface area contributed by atoms with Crippen molar-refractivity contribution in [3.63, 3.8) is 0 Å². The number of hydrogen-bond donors (Lipinski definition) is 0. The third-order valence-corrected chi connectivity index (χ3v) is 3.51. The van der Waals surface area contributed by atoms with Gasteiger partial charge in [-0.1, -0.05) is 12.1 Å². The molecule has 1 aromatic carbocycles. The fourth-order valence-electron chi connectivity index (χ4n) is 2.28. The van der Waals surface area contributed by atoms with Crippen LogP contribution in [0.25, 0.3) is 0 Å². The monoisotopic (exact) mass is 257 g/mol. The van der Waals surface area contributed by atoms with E-state index in [0.717, 1.165) is 38.2 Å². The van der Waals surface area contributed by atoms with Gasteiger partial charge in [0.2, 0.25) is 5.91 Å². The van der Waals surface area contributed by atoms with Crippen molar-refractivity contribution in [1.29, 1.82) is 5.26 Å². The summed E-state index contributed by atoms with van der Waals surface area (Å²) in [6.07, 6.45) is 1.46. The molecule has 1 aromatic rings. The van der Waals surface area contributed by atoms with Gasteiger partial charge in [0.05, 0.1) is 18.1 Å². The van der Waals surface area contributed by atoms with Crippen LogP contribution in [0.5, 0.6) is 0 Å². The molecule has 4 nitrogen and oxygen atoms in total. The van der Waals surface area contributed by atoms with Crippen LogP contribution in [-0.4, -0.2) is 48.9 Å². The number of benzene rings is 1. The Kier molecular flexibility index (Phi) is 4.53. The molecule has 1 aliphatic rings. The summed E-state index contributed by atoms with van der Waals surface area (Å²) in [6.45, 7) is 3.66. The highest BCUT2D eigenvalue weighted by atomic mass is 16.2. The number of likely N-dealkylation sites (N-methyl/N-ethyl adjacent to an activating group) is 1. The first kappa shape index (κ1) is 13.6. The summed E-state index contributed by atoms with van der Waals surface area (Å²) in [6, 6.07) is 9.33. The molecule has 0 atom stereocenters. The molecular formula is C15H19N3O. The third-order valence-electron chi connectivity index (χ3n) is 3.51. The maximum absolute atomic E-state index is 12.2.